The number of nitrogens with one attached hydrogen (secondary N) is 2. The second-order valence-electron chi connectivity index (χ2n) is 3.86. The number of hydrogen-bond acceptors (Lipinski definition) is 2. The van der Waals surface area contributed by atoms with Gasteiger partial charge in [-0.1, -0.05) is 25.1 Å². The molecular formula is C14H18N2S. The molecular weight excluding hydrogens is 228 g/mol. The summed E-state index contributed by atoms with van der Waals surface area (Å²) in [5.74, 6) is 1.04. The summed E-state index contributed by atoms with van der Waals surface area (Å²) in [5, 5.41) is 3.50. The minimum absolute atomic E-state index is 0.389. The SMILES string of the molecule is CCNC(CSc1ccccc1)c1ccc[nH]1. The fourth-order valence-corrected chi connectivity index (χ4v) is 2.77. The second-order valence-corrected chi connectivity index (χ2v) is 4.95. The van der Waals surface area contributed by atoms with E-state index in [1.54, 1.807) is 0 Å². The van der Waals surface area contributed by atoms with Gasteiger partial charge in [0.2, 0.25) is 0 Å². The van der Waals surface area contributed by atoms with Crippen LogP contribution in [0.5, 0.6) is 0 Å². The summed E-state index contributed by atoms with van der Waals surface area (Å²) in [7, 11) is 0. The van der Waals surface area contributed by atoms with Gasteiger partial charge in [0.15, 0.2) is 0 Å². The first kappa shape index (κ1) is 12.3. The van der Waals surface area contributed by atoms with Gasteiger partial charge in [-0.3, -0.25) is 0 Å². The fraction of sp³-hybridized carbons (Fsp3) is 0.286. The molecule has 2 rings (SSSR count). The van der Waals surface area contributed by atoms with Crippen LogP contribution in [0.4, 0.5) is 0 Å². The van der Waals surface area contributed by atoms with Crippen molar-refractivity contribution in [1.82, 2.24) is 10.3 Å². The Kier molecular flexibility index (Phi) is 4.71. The van der Waals surface area contributed by atoms with Crippen LogP contribution < -0.4 is 5.32 Å². The van der Waals surface area contributed by atoms with Crippen LogP contribution in [0.2, 0.25) is 0 Å². The van der Waals surface area contributed by atoms with Crippen LogP contribution in [-0.4, -0.2) is 17.3 Å². The zero-order valence-corrected chi connectivity index (χ0v) is 10.8. The van der Waals surface area contributed by atoms with E-state index in [-0.39, 0.29) is 0 Å². The lowest BCUT2D eigenvalue weighted by molar-refractivity contribution is 0.594. The van der Waals surface area contributed by atoms with Gasteiger partial charge in [-0.2, -0.15) is 0 Å². The first-order chi connectivity index (χ1) is 8.40. The van der Waals surface area contributed by atoms with Gasteiger partial charge in [-0.25, -0.2) is 0 Å². The van der Waals surface area contributed by atoms with E-state index in [1.807, 2.05) is 24.0 Å². The van der Waals surface area contributed by atoms with E-state index in [0.29, 0.717) is 6.04 Å². The van der Waals surface area contributed by atoms with Crippen molar-refractivity contribution in [3.05, 3.63) is 54.4 Å². The van der Waals surface area contributed by atoms with Gasteiger partial charge in [-0.15, -0.1) is 11.8 Å². The predicted molar refractivity (Wildman–Crippen MR) is 74.4 cm³/mol. The maximum Gasteiger partial charge on any atom is 0.0568 e. The largest absolute Gasteiger partial charge is 0.364 e. The number of H-pyrrole nitrogens is 1. The lowest BCUT2D eigenvalue weighted by Gasteiger charge is -2.16. The maximum atomic E-state index is 3.50. The highest BCUT2D eigenvalue weighted by Gasteiger charge is 2.10. The standard InChI is InChI=1S/C14H18N2S/c1-2-15-14(13-9-6-10-16-13)11-17-12-7-4-3-5-8-12/h3-10,14-16H,2,11H2,1H3. The third-order valence-corrected chi connectivity index (χ3v) is 3.71. The average molecular weight is 246 g/mol. The molecule has 0 saturated carbocycles. The molecule has 0 amide bonds. The van der Waals surface area contributed by atoms with E-state index in [0.717, 1.165) is 12.3 Å². The summed E-state index contributed by atoms with van der Waals surface area (Å²) >= 11 is 1.88. The van der Waals surface area contributed by atoms with Gasteiger partial charge in [0, 0.05) is 22.5 Å². The molecule has 2 N–H and O–H groups in total. The van der Waals surface area contributed by atoms with Crippen molar-refractivity contribution in [1.29, 1.82) is 0 Å². The molecule has 1 unspecified atom stereocenters. The quantitative estimate of drug-likeness (QED) is 0.764. The minimum atomic E-state index is 0.389. The predicted octanol–water partition coefficient (Wildman–Crippen LogP) is 3.46. The van der Waals surface area contributed by atoms with Gasteiger partial charge in [0.05, 0.1) is 6.04 Å². The summed E-state index contributed by atoms with van der Waals surface area (Å²) in [6, 6.07) is 15.1. The summed E-state index contributed by atoms with van der Waals surface area (Å²) in [4.78, 5) is 4.60. The van der Waals surface area contributed by atoms with Crippen LogP contribution in [0.15, 0.2) is 53.6 Å². The Labute approximate surface area is 107 Å². The molecule has 2 aromatic rings. The van der Waals surface area contributed by atoms with Crippen LogP contribution in [0.25, 0.3) is 0 Å². The van der Waals surface area contributed by atoms with Crippen LogP contribution in [0.3, 0.4) is 0 Å². The molecule has 0 saturated heterocycles. The molecule has 17 heavy (non-hydrogen) atoms. The smallest absolute Gasteiger partial charge is 0.0568 e. The van der Waals surface area contributed by atoms with Crippen molar-refractivity contribution in [2.75, 3.05) is 12.3 Å². The number of thioether (sulfide) groups is 1. The highest BCUT2D eigenvalue weighted by Crippen LogP contribution is 2.23. The molecule has 0 fully saturated rings. The van der Waals surface area contributed by atoms with E-state index in [1.165, 1.54) is 10.6 Å². The number of rotatable bonds is 6. The monoisotopic (exact) mass is 246 g/mol. The summed E-state index contributed by atoms with van der Waals surface area (Å²) in [5.41, 5.74) is 1.26. The molecule has 90 valence electrons. The molecule has 2 nitrogen and oxygen atoms in total. The van der Waals surface area contributed by atoms with Crippen molar-refractivity contribution in [3.8, 4) is 0 Å². The van der Waals surface area contributed by atoms with Crippen molar-refractivity contribution < 1.29 is 0 Å². The number of benzene rings is 1. The van der Waals surface area contributed by atoms with E-state index < -0.39 is 0 Å². The lowest BCUT2D eigenvalue weighted by Crippen LogP contribution is -2.23. The highest BCUT2D eigenvalue weighted by atomic mass is 32.2. The summed E-state index contributed by atoms with van der Waals surface area (Å²) in [6.07, 6.45) is 1.98. The van der Waals surface area contributed by atoms with Gasteiger partial charge < -0.3 is 10.3 Å². The van der Waals surface area contributed by atoms with Crippen LogP contribution in [0, 0.1) is 0 Å². The Bertz CT molecular complexity index is 411. The fourth-order valence-electron chi connectivity index (χ4n) is 1.76. The lowest BCUT2D eigenvalue weighted by atomic mass is 10.2. The highest BCUT2D eigenvalue weighted by molar-refractivity contribution is 7.99. The Morgan fingerprint density at radius 3 is 2.65 bits per heavy atom. The second kappa shape index (κ2) is 6.52. The minimum Gasteiger partial charge on any atom is -0.364 e. The average Bonchev–Trinajstić information content (AvgIpc) is 2.89. The number of aromatic amines is 1. The maximum absolute atomic E-state index is 3.50. The zero-order chi connectivity index (χ0) is 11.9. The first-order valence-corrected chi connectivity index (χ1v) is 6.93. The Morgan fingerprint density at radius 2 is 2.00 bits per heavy atom. The first-order valence-electron chi connectivity index (χ1n) is 5.94. The van der Waals surface area contributed by atoms with Gasteiger partial charge in [0.1, 0.15) is 0 Å². The normalized spacial score (nSPS) is 12.5. The molecule has 1 aromatic carbocycles. The van der Waals surface area contributed by atoms with Crippen molar-refractivity contribution in [3.63, 3.8) is 0 Å². The zero-order valence-electron chi connectivity index (χ0n) is 10.0. The third kappa shape index (κ3) is 3.65. The third-order valence-electron chi connectivity index (χ3n) is 2.61. The van der Waals surface area contributed by atoms with E-state index >= 15 is 0 Å². The molecule has 1 aromatic heterocycles. The molecule has 0 radical (unpaired) electrons. The molecule has 0 aliphatic carbocycles. The summed E-state index contributed by atoms with van der Waals surface area (Å²) < 4.78 is 0. The van der Waals surface area contributed by atoms with E-state index in [9.17, 15) is 0 Å². The van der Waals surface area contributed by atoms with Crippen molar-refractivity contribution >= 4 is 11.8 Å². The molecule has 1 heterocycles. The van der Waals surface area contributed by atoms with Crippen molar-refractivity contribution in [2.45, 2.75) is 17.9 Å². The molecule has 0 aliphatic heterocycles. The molecule has 0 bridgehead atoms. The van der Waals surface area contributed by atoms with Gasteiger partial charge in [0.25, 0.3) is 0 Å². The van der Waals surface area contributed by atoms with E-state index in [4.69, 9.17) is 0 Å². The molecule has 3 heteroatoms. The van der Waals surface area contributed by atoms with Crippen LogP contribution in [-0.2, 0) is 0 Å². The van der Waals surface area contributed by atoms with Gasteiger partial charge >= 0.3 is 0 Å². The van der Waals surface area contributed by atoms with Crippen LogP contribution >= 0.6 is 11.8 Å². The number of hydrogen-bond donors (Lipinski definition) is 2. The van der Waals surface area contributed by atoms with Crippen LogP contribution in [0.1, 0.15) is 18.7 Å². The van der Waals surface area contributed by atoms with E-state index in [2.05, 4.69) is 53.6 Å². The Hall–Kier alpha value is -1.19. The Balaban J connectivity index is 1.95. The Morgan fingerprint density at radius 1 is 1.18 bits per heavy atom. The topological polar surface area (TPSA) is 27.8 Å². The number of aromatic nitrogens is 1. The molecule has 0 aliphatic rings. The molecule has 1 atom stereocenters. The van der Waals surface area contributed by atoms with Gasteiger partial charge in [-0.05, 0) is 30.8 Å². The molecule has 0 spiro atoms. The summed E-state index contributed by atoms with van der Waals surface area (Å²) in [6.45, 7) is 3.13. The van der Waals surface area contributed by atoms with Crippen molar-refractivity contribution in [2.24, 2.45) is 0 Å².